The van der Waals surface area contributed by atoms with Crippen molar-refractivity contribution in [3.8, 4) is 0 Å². The number of ether oxygens (including phenoxy) is 1. The highest BCUT2D eigenvalue weighted by molar-refractivity contribution is 5.83. The summed E-state index contributed by atoms with van der Waals surface area (Å²) in [6.07, 6.45) is -0.140. The third-order valence-corrected chi connectivity index (χ3v) is 2.23. The highest BCUT2D eigenvalue weighted by Gasteiger charge is 2.22. The lowest BCUT2D eigenvalue weighted by Gasteiger charge is -2.23. The van der Waals surface area contributed by atoms with E-state index >= 15 is 0 Å². The first kappa shape index (κ1) is 12.9. The number of aliphatic hydroxyl groups excluding tert-OH is 1. The van der Waals surface area contributed by atoms with Crippen LogP contribution in [0.4, 0.5) is 0 Å². The average Bonchev–Trinajstić information content (AvgIpc) is 2.27. The predicted molar refractivity (Wildman–Crippen MR) is 53.9 cm³/mol. The average molecular weight is 232 g/mol. The first-order valence-corrected chi connectivity index (χ1v) is 5.09. The summed E-state index contributed by atoms with van der Waals surface area (Å²) >= 11 is 0. The molecule has 0 aromatic heterocycles. The fourth-order valence-electron chi connectivity index (χ4n) is 1.40. The topological polar surface area (TPSA) is 108 Å². The summed E-state index contributed by atoms with van der Waals surface area (Å²) < 4.78 is 5.29. The van der Waals surface area contributed by atoms with Crippen LogP contribution >= 0.6 is 0 Å². The lowest BCUT2D eigenvalue weighted by atomic mass is 10.2. The van der Waals surface area contributed by atoms with Gasteiger partial charge in [0.25, 0.3) is 0 Å². The molecule has 1 heterocycles. The number of aliphatic hydroxyl groups is 1. The Morgan fingerprint density at radius 2 is 2.31 bits per heavy atom. The van der Waals surface area contributed by atoms with Crippen molar-refractivity contribution in [2.75, 3.05) is 26.3 Å². The number of carboxylic acids is 1. The molecule has 2 atom stereocenters. The van der Waals surface area contributed by atoms with Crippen LogP contribution in [0.15, 0.2) is 0 Å². The summed E-state index contributed by atoms with van der Waals surface area (Å²) in [6.45, 7) is 1.25. The molecule has 2 unspecified atom stereocenters. The van der Waals surface area contributed by atoms with Crippen LogP contribution in [-0.4, -0.2) is 60.5 Å². The van der Waals surface area contributed by atoms with Crippen LogP contribution in [0.1, 0.15) is 6.42 Å². The van der Waals surface area contributed by atoms with Crippen LogP contribution in [0.25, 0.3) is 0 Å². The molecule has 1 amide bonds. The van der Waals surface area contributed by atoms with E-state index in [0.717, 1.165) is 6.54 Å². The Balaban J connectivity index is 2.31. The Hall–Kier alpha value is -1.18. The maximum atomic E-state index is 11.4. The number of carboxylic acid groups (broad SMARTS) is 1. The van der Waals surface area contributed by atoms with Crippen molar-refractivity contribution in [1.82, 2.24) is 10.6 Å². The molecule has 16 heavy (non-hydrogen) atoms. The number of rotatable bonds is 5. The molecular weight excluding hydrogens is 216 g/mol. The van der Waals surface area contributed by atoms with Crippen molar-refractivity contribution in [3.63, 3.8) is 0 Å². The largest absolute Gasteiger partial charge is 0.480 e. The summed E-state index contributed by atoms with van der Waals surface area (Å²) in [5.74, 6) is -1.69. The minimum atomic E-state index is -1.25. The third kappa shape index (κ3) is 4.13. The molecule has 1 aliphatic rings. The highest BCUT2D eigenvalue weighted by atomic mass is 16.5. The minimum absolute atomic E-state index is 0.0940. The van der Waals surface area contributed by atoms with Gasteiger partial charge in [-0.25, -0.2) is 4.79 Å². The second kappa shape index (κ2) is 6.41. The van der Waals surface area contributed by atoms with Gasteiger partial charge in [-0.2, -0.15) is 0 Å². The summed E-state index contributed by atoms with van der Waals surface area (Å²) in [7, 11) is 0. The quantitative estimate of drug-likeness (QED) is 0.433. The number of carbonyl (C=O) groups is 2. The van der Waals surface area contributed by atoms with E-state index in [4.69, 9.17) is 14.9 Å². The third-order valence-electron chi connectivity index (χ3n) is 2.23. The van der Waals surface area contributed by atoms with Gasteiger partial charge in [-0.3, -0.25) is 4.79 Å². The van der Waals surface area contributed by atoms with Crippen LogP contribution in [0, 0.1) is 0 Å². The molecule has 4 N–H and O–H groups in total. The lowest BCUT2D eigenvalue weighted by Crippen LogP contribution is -2.46. The molecule has 0 radical (unpaired) electrons. The van der Waals surface area contributed by atoms with E-state index < -0.39 is 24.5 Å². The molecule has 0 spiro atoms. The fourth-order valence-corrected chi connectivity index (χ4v) is 1.40. The van der Waals surface area contributed by atoms with Gasteiger partial charge in [0, 0.05) is 13.1 Å². The molecule has 7 heteroatoms. The summed E-state index contributed by atoms with van der Waals surface area (Å²) in [5, 5.41) is 22.6. The smallest absolute Gasteiger partial charge is 0.328 e. The summed E-state index contributed by atoms with van der Waals surface area (Å²) in [5.41, 5.74) is 0. The van der Waals surface area contributed by atoms with Gasteiger partial charge in [0.05, 0.1) is 25.7 Å². The standard InChI is InChI=1S/C9H16N2O5/c12-5-7(9(14)15)11-8(13)3-6-4-10-1-2-16-6/h6-7,10,12H,1-5H2,(H,11,13)(H,14,15). The number of hydrogen-bond donors (Lipinski definition) is 4. The first-order valence-electron chi connectivity index (χ1n) is 5.09. The Bertz CT molecular complexity index is 252. The Morgan fingerprint density at radius 1 is 1.56 bits per heavy atom. The number of amides is 1. The number of aliphatic carboxylic acids is 1. The van der Waals surface area contributed by atoms with Gasteiger partial charge >= 0.3 is 5.97 Å². The van der Waals surface area contributed by atoms with Crippen LogP contribution in [0.2, 0.25) is 0 Å². The van der Waals surface area contributed by atoms with Crippen molar-refractivity contribution in [1.29, 1.82) is 0 Å². The SMILES string of the molecule is O=C(CC1CNCCO1)NC(CO)C(=O)O. The van der Waals surface area contributed by atoms with Crippen molar-refractivity contribution in [2.24, 2.45) is 0 Å². The molecule has 1 rings (SSSR count). The molecule has 0 aromatic carbocycles. The Kier molecular flexibility index (Phi) is 5.17. The predicted octanol–water partition coefficient (Wildman–Crippen LogP) is -2.07. The van der Waals surface area contributed by atoms with Crippen molar-refractivity contribution in [2.45, 2.75) is 18.6 Å². The number of carbonyl (C=O) groups excluding carboxylic acids is 1. The zero-order valence-corrected chi connectivity index (χ0v) is 8.81. The second-order valence-electron chi connectivity index (χ2n) is 3.54. The molecule has 0 saturated carbocycles. The fraction of sp³-hybridized carbons (Fsp3) is 0.778. The number of hydrogen-bond acceptors (Lipinski definition) is 5. The zero-order chi connectivity index (χ0) is 12.0. The Labute approximate surface area is 92.8 Å². The van der Waals surface area contributed by atoms with Crippen LogP contribution in [0.5, 0.6) is 0 Å². The summed E-state index contributed by atoms with van der Waals surface area (Å²) in [4.78, 5) is 21.9. The summed E-state index contributed by atoms with van der Waals surface area (Å²) in [6, 6.07) is -1.25. The van der Waals surface area contributed by atoms with Crippen LogP contribution < -0.4 is 10.6 Å². The molecule has 0 bridgehead atoms. The molecule has 1 saturated heterocycles. The number of morpholine rings is 1. The van der Waals surface area contributed by atoms with Crippen LogP contribution in [-0.2, 0) is 14.3 Å². The van der Waals surface area contributed by atoms with E-state index in [1.807, 2.05) is 0 Å². The lowest BCUT2D eigenvalue weighted by molar-refractivity contribution is -0.143. The van der Waals surface area contributed by atoms with E-state index in [9.17, 15) is 9.59 Å². The Morgan fingerprint density at radius 3 is 2.81 bits per heavy atom. The van der Waals surface area contributed by atoms with Gasteiger partial charge in [-0.1, -0.05) is 0 Å². The molecule has 92 valence electrons. The second-order valence-corrected chi connectivity index (χ2v) is 3.54. The van der Waals surface area contributed by atoms with Gasteiger partial charge in [0.15, 0.2) is 0 Å². The maximum absolute atomic E-state index is 11.4. The van der Waals surface area contributed by atoms with Gasteiger partial charge in [0.1, 0.15) is 6.04 Å². The maximum Gasteiger partial charge on any atom is 0.328 e. The van der Waals surface area contributed by atoms with E-state index in [2.05, 4.69) is 10.6 Å². The van der Waals surface area contributed by atoms with Gasteiger partial charge in [0.2, 0.25) is 5.91 Å². The van der Waals surface area contributed by atoms with Gasteiger partial charge in [-0.05, 0) is 0 Å². The van der Waals surface area contributed by atoms with Gasteiger partial charge in [-0.15, -0.1) is 0 Å². The zero-order valence-electron chi connectivity index (χ0n) is 8.81. The van der Waals surface area contributed by atoms with Crippen molar-refractivity contribution >= 4 is 11.9 Å². The number of nitrogens with one attached hydrogen (secondary N) is 2. The van der Waals surface area contributed by atoms with E-state index in [1.54, 1.807) is 0 Å². The normalized spacial score (nSPS) is 22.4. The monoisotopic (exact) mass is 232 g/mol. The van der Waals surface area contributed by atoms with Crippen LogP contribution in [0.3, 0.4) is 0 Å². The molecule has 0 aromatic rings. The van der Waals surface area contributed by atoms with Gasteiger partial charge < -0.3 is 25.6 Å². The van der Waals surface area contributed by atoms with E-state index in [-0.39, 0.29) is 12.5 Å². The van der Waals surface area contributed by atoms with E-state index in [1.165, 1.54) is 0 Å². The molecule has 7 nitrogen and oxygen atoms in total. The first-order chi connectivity index (χ1) is 7.63. The van der Waals surface area contributed by atoms with E-state index in [0.29, 0.717) is 13.2 Å². The highest BCUT2D eigenvalue weighted by Crippen LogP contribution is 2.01. The molecule has 1 aliphatic heterocycles. The van der Waals surface area contributed by atoms with Crippen molar-refractivity contribution in [3.05, 3.63) is 0 Å². The van der Waals surface area contributed by atoms with Crippen molar-refractivity contribution < 1.29 is 24.5 Å². The molecular formula is C9H16N2O5. The molecule has 0 aliphatic carbocycles. The molecule has 1 fully saturated rings. The minimum Gasteiger partial charge on any atom is -0.480 e.